The van der Waals surface area contributed by atoms with Gasteiger partial charge in [0.1, 0.15) is 23.7 Å². The average Bonchev–Trinajstić information content (AvgIpc) is 2.36. The third-order valence-electron chi connectivity index (χ3n) is 2.57. The summed E-state index contributed by atoms with van der Waals surface area (Å²) in [6, 6.07) is 9.78. The first-order chi connectivity index (χ1) is 8.76. The molecule has 0 unspecified atom stereocenters. The zero-order chi connectivity index (χ0) is 12.5. The number of nitrogens with zero attached hydrogens (tertiary/aromatic N) is 1. The Labute approximate surface area is 102 Å². The van der Waals surface area contributed by atoms with Crippen LogP contribution >= 0.6 is 0 Å². The summed E-state index contributed by atoms with van der Waals surface area (Å²) in [7, 11) is 0. The SMILES string of the molecule is NCOc1ccc2nc3ccc(=O)cc-3oc2c1. The first-order valence-corrected chi connectivity index (χ1v) is 5.44. The van der Waals surface area contributed by atoms with Crippen LogP contribution in [0.5, 0.6) is 5.75 Å². The number of rotatable bonds is 2. The number of hydrogen-bond acceptors (Lipinski definition) is 5. The number of hydrogen-bond donors (Lipinski definition) is 1. The van der Waals surface area contributed by atoms with Crippen LogP contribution in [0.15, 0.2) is 45.6 Å². The van der Waals surface area contributed by atoms with E-state index in [0.29, 0.717) is 28.3 Å². The van der Waals surface area contributed by atoms with Gasteiger partial charge in [0.05, 0.1) is 0 Å². The van der Waals surface area contributed by atoms with Gasteiger partial charge < -0.3 is 9.15 Å². The molecule has 5 nitrogen and oxygen atoms in total. The zero-order valence-corrected chi connectivity index (χ0v) is 9.42. The highest BCUT2D eigenvalue weighted by molar-refractivity contribution is 5.77. The number of fused-ring (bicyclic) bond motifs is 2. The fourth-order valence-electron chi connectivity index (χ4n) is 1.77. The van der Waals surface area contributed by atoms with E-state index in [1.807, 2.05) is 0 Å². The lowest BCUT2D eigenvalue weighted by Crippen LogP contribution is -2.07. The minimum Gasteiger partial charge on any atom is -0.478 e. The van der Waals surface area contributed by atoms with Gasteiger partial charge in [-0.15, -0.1) is 0 Å². The largest absolute Gasteiger partial charge is 0.478 e. The highest BCUT2D eigenvalue weighted by Gasteiger charge is 2.09. The molecule has 0 atom stereocenters. The Morgan fingerprint density at radius 2 is 2.11 bits per heavy atom. The van der Waals surface area contributed by atoms with Crippen molar-refractivity contribution in [3.05, 3.63) is 46.6 Å². The first-order valence-electron chi connectivity index (χ1n) is 5.44. The van der Waals surface area contributed by atoms with Crippen LogP contribution in [0, 0.1) is 0 Å². The normalized spacial score (nSPS) is 10.9. The van der Waals surface area contributed by atoms with Crippen LogP contribution in [0.1, 0.15) is 0 Å². The monoisotopic (exact) mass is 242 g/mol. The van der Waals surface area contributed by atoms with Crippen LogP contribution in [-0.4, -0.2) is 11.7 Å². The average molecular weight is 242 g/mol. The van der Waals surface area contributed by atoms with E-state index < -0.39 is 0 Å². The first kappa shape index (κ1) is 10.7. The van der Waals surface area contributed by atoms with Gasteiger partial charge in [-0.1, -0.05) is 0 Å². The molecular weight excluding hydrogens is 232 g/mol. The van der Waals surface area contributed by atoms with Crippen LogP contribution in [0.3, 0.4) is 0 Å². The number of aromatic nitrogens is 1. The molecule has 1 aliphatic carbocycles. The van der Waals surface area contributed by atoms with Crippen LogP contribution in [0.25, 0.3) is 22.6 Å². The molecule has 3 rings (SSSR count). The van der Waals surface area contributed by atoms with Crippen LogP contribution in [0.4, 0.5) is 0 Å². The van der Waals surface area contributed by atoms with E-state index in [4.69, 9.17) is 14.9 Å². The number of nitrogens with two attached hydrogens (primary N) is 1. The van der Waals surface area contributed by atoms with Gasteiger partial charge in [-0.2, -0.15) is 0 Å². The van der Waals surface area contributed by atoms with Gasteiger partial charge >= 0.3 is 0 Å². The van der Waals surface area contributed by atoms with Gasteiger partial charge in [-0.05, 0) is 24.3 Å². The van der Waals surface area contributed by atoms with E-state index >= 15 is 0 Å². The summed E-state index contributed by atoms with van der Waals surface area (Å²) in [5, 5.41) is 0. The summed E-state index contributed by atoms with van der Waals surface area (Å²) in [6.45, 7) is 0.0945. The Bertz CT molecular complexity index is 736. The van der Waals surface area contributed by atoms with Gasteiger partial charge in [0.25, 0.3) is 0 Å². The van der Waals surface area contributed by atoms with Crippen molar-refractivity contribution in [3.8, 4) is 17.2 Å². The van der Waals surface area contributed by atoms with E-state index in [2.05, 4.69) is 4.98 Å². The molecule has 0 bridgehead atoms. The van der Waals surface area contributed by atoms with Gasteiger partial charge in [0.15, 0.2) is 16.8 Å². The molecule has 90 valence electrons. The van der Waals surface area contributed by atoms with Gasteiger partial charge in [-0.3, -0.25) is 10.5 Å². The predicted molar refractivity (Wildman–Crippen MR) is 66.6 cm³/mol. The molecule has 18 heavy (non-hydrogen) atoms. The standard InChI is InChI=1S/C13H10N2O3/c14-7-17-9-2-4-11-13(6-9)18-12-5-8(16)1-3-10(12)15-11/h1-6H,7,14H2. The van der Waals surface area contributed by atoms with Crippen molar-refractivity contribution in [1.82, 2.24) is 4.98 Å². The van der Waals surface area contributed by atoms with Crippen molar-refractivity contribution in [2.45, 2.75) is 0 Å². The van der Waals surface area contributed by atoms with E-state index in [0.717, 1.165) is 0 Å². The van der Waals surface area contributed by atoms with Gasteiger partial charge in [0.2, 0.25) is 0 Å². The summed E-state index contributed by atoms with van der Waals surface area (Å²) >= 11 is 0. The van der Waals surface area contributed by atoms with Crippen molar-refractivity contribution in [2.75, 3.05) is 6.73 Å². The maximum absolute atomic E-state index is 11.3. The number of benzene rings is 2. The van der Waals surface area contributed by atoms with Crippen LogP contribution in [-0.2, 0) is 0 Å². The zero-order valence-electron chi connectivity index (χ0n) is 9.42. The molecule has 1 aliphatic heterocycles. The van der Waals surface area contributed by atoms with Crippen LogP contribution in [0.2, 0.25) is 0 Å². The Morgan fingerprint density at radius 3 is 2.94 bits per heavy atom. The molecule has 0 saturated heterocycles. The second-order valence-corrected chi connectivity index (χ2v) is 3.78. The second kappa shape index (κ2) is 4.12. The molecule has 1 aromatic carbocycles. The fraction of sp³-hybridized carbons (Fsp3) is 0.0769. The molecule has 0 spiro atoms. The quantitative estimate of drug-likeness (QED) is 0.545. The van der Waals surface area contributed by atoms with Crippen molar-refractivity contribution in [3.63, 3.8) is 0 Å². The topological polar surface area (TPSA) is 78.4 Å². The summed E-state index contributed by atoms with van der Waals surface area (Å²) in [5.41, 5.74) is 7.10. The van der Waals surface area contributed by atoms with E-state index in [-0.39, 0.29) is 12.2 Å². The maximum Gasteiger partial charge on any atom is 0.182 e. The molecule has 1 heterocycles. The minimum absolute atomic E-state index is 0.0945. The van der Waals surface area contributed by atoms with Gasteiger partial charge in [0, 0.05) is 12.1 Å². The third-order valence-corrected chi connectivity index (χ3v) is 2.57. The lowest BCUT2D eigenvalue weighted by atomic mass is 10.2. The molecule has 0 radical (unpaired) electrons. The molecule has 0 amide bonds. The van der Waals surface area contributed by atoms with Crippen molar-refractivity contribution in [1.29, 1.82) is 0 Å². The Balaban J connectivity index is 2.26. The lowest BCUT2D eigenvalue weighted by molar-refractivity contribution is 0.329. The van der Waals surface area contributed by atoms with Crippen molar-refractivity contribution < 1.29 is 9.15 Å². The van der Waals surface area contributed by atoms with E-state index in [9.17, 15) is 4.79 Å². The third kappa shape index (κ3) is 1.80. The second-order valence-electron chi connectivity index (χ2n) is 3.78. The molecule has 2 aliphatic rings. The number of ether oxygens (including phenoxy) is 1. The summed E-state index contributed by atoms with van der Waals surface area (Å²) in [6.07, 6.45) is 0. The smallest absolute Gasteiger partial charge is 0.182 e. The maximum atomic E-state index is 11.3. The Morgan fingerprint density at radius 1 is 1.22 bits per heavy atom. The molecule has 1 aromatic rings. The highest BCUT2D eigenvalue weighted by atomic mass is 16.5. The van der Waals surface area contributed by atoms with Crippen LogP contribution < -0.4 is 15.9 Å². The summed E-state index contributed by atoms with van der Waals surface area (Å²) < 4.78 is 10.8. The Kier molecular flexibility index (Phi) is 2.46. The molecule has 5 heteroatoms. The highest BCUT2D eigenvalue weighted by Crippen LogP contribution is 2.26. The van der Waals surface area contributed by atoms with Crippen molar-refractivity contribution in [2.24, 2.45) is 5.73 Å². The van der Waals surface area contributed by atoms with E-state index in [1.54, 1.807) is 24.3 Å². The molecular formula is C13H10N2O3. The minimum atomic E-state index is -0.109. The lowest BCUT2D eigenvalue weighted by Gasteiger charge is -2.07. The summed E-state index contributed by atoms with van der Waals surface area (Å²) in [4.78, 5) is 15.7. The fourth-order valence-corrected chi connectivity index (χ4v) is 1.77. The molecule has 0 fully saturated rings. The molecule has 0 saturated carbocycles. The summed E-state index contributed by atoms with van der Waals surface area (Å²) in [5.74, 6) is 1.06. The predicted octanol–water partition coefficient (Wildman–Crippen LogP) is 1.59. The molecule has 0 aromatic heterocycles. The van der Waals surface area contributed by atoms with Crippen molar-refractivity contribution >= 4 is 11.1 Å². The Hall–Kier alpha value is -2.40. The van der Waals surface area contributed by atoms with Gasteiger partial charge in [-0.25, -0.2) is 4.98 Å². The van der Waals surface area contributed by atoms with E-state index in [1.165, 1.54) is 12.1 Å². The molecule has 2 N–H and O–H groups in total.